The van der Waals surface area contributed by atoms with E-state index in [1.807, 2.05) is 17.6 Å². The lowest BCUT2D eigenvalue weighted by molar-refractivity contribution is 0.239. The number of carbonyl (C=O) groups excluding carboxylic acids is 1. The topological polar surface area (TPSA) is 90.9 Å². The summed E-state index contributed by atoms with van der Waals surface area (Å²) in [6.45, 7) is 0. The summed E-state index contributed by atoms with van der Waals surface area (Å²) in [6, 6.07) is 9.62. The van der Waals surface area contributed by atoms with E-state index in [0.29, 0.717) is 0 Å². The standard InChI is InChI=1S/C9H10N4O/c10-6-8(12-9(14)13-11)7-4-2-1-3-5-7/h1-5,8H,11H2,(H2,12,13,14). The molecule has 1 rings (SSSR count). The largest absolute Gasteiger partial charge is 0.330 e. The van der Waals surface area contributed by atoms with Crippen molar-refractivity contribution in [2.75, 3.05) is 0 Å². The van der Waals surface area contributed by atoms with E-state index in [4.69, 9.17) is 11.1 Å². The molecule has 0 saturated carbocycles. The minimum atomic E-state index is -0.681. The zero-order valence-electron chi connectivity index (χ0n) is 7.40. The highest BCUT2D eigenvalue weighted by atomic mass is 16.2. The number of nitrogens with two attached hydrogens (primary N) is 1. The Bertz CT molecular complexity index is 344. The van der Waals surface area contributed by atoms with Crippen molar-refractivity contribution >= 4 is 6.03 Å². The van der Waals surface area contributed by atoms with Crippen LogP contribution in [0.3, 0.4) is 0 Å². The lowest BCUT2D eigenvalue weighted by atomic mass is 10.1. The third-order valence-corrected chi connectivity index (χ3v) is 1.67. The van der Waals surface area contributed by atoms with E-state index in [0.717, 1.165) is 5.56 Å². The molecule has 0 aromatic heterocycles. The van der Waals surface area contributed by atoms with E-state index in [2.05, 4.69) is 5.32 Å². The van der Waals surface area contributed by atoms with Gasteiger partial charge in [-0.2, -0.15) is 5.26 Å². The lowest BCUT2D eigenvalue weighted by Gasteiger charge is -2.10. The number of hydrazine groups is 1. The van der Waals surface area contributed by atoms with Gasteiger partial charge < -0.3 is 5.32 Å². The van der Waals surface area contributed by atoms with Crippen molar-refractivity contribution in [1.29, 1.82) is 5.26 Å². The number of amides is 2. The van der Waals surface area contributed by atoms with E-state index in [9.17, 15) is 4.79 Å². The summed E-state index contributed by atoms with van der Waals surface area (Å²) in [5.74, 6) is 4.88. The predicted octanol–water partition coefficient (Wildman–Crippen LogP) is 0.424. The van der Waals surface area contributed by atoms with Crippen LogP contribution in [0.5, 0.6) is 0 Å². The first-order valence-electron chi connectivity index (χ1n) is 3.99. The fourth-order valence-corrected chi connectivity index (χ4v) is 1.01. The number of nitrogens with zero attached hydrogens (tertiary/aromatic N) is 1. The van der Waals surface area contributed by atoms with Gasteiger partial charge in [0.25, 0.3) is 0 Å². The quantitative estimate of drug-likeness (QED) is 0.358. The molecule has 0 aliphatic heterocycles. The molecule has 5 heteroatoms. The number of nitriles is 1. The Morgan fingerprint density at radius 2 is 2.07 bits per heavy atom. The van der Waals surface area contributed by atoms with Crippen LogP contribution in [0.4, 0.5) is 4.79 Å². The van der Waals surface area contributed by atoms with E-state index < -0.39 is 12.1 Å². The molecule has 0 saturated heterocycles. The molecule has 1 aromatic carbocycles. The number of urea groups is 1. The normalized spacial score (nSPS) is 11.1. The van der Waals surface area contributed by atoms with Crippen LogP contribution in [0, 0.1) is 11.3 Å². The van der Waals surface area contributed by atoms with Crippen molar-refractivity contribution in [2.24, 2.45) is 5.84 Å². The number of benzene rings is 1. The molecule has 4 N–H and O–H groups in total. The second-order valence-electron chi connectivity index (χ2n) is 2.59. The molecule has 0 fully saturated rings. The SMILES string of the molecule is N#CC(NC(=O)NN)c1ccccc1. The Labute approximate surface area is 81.5 Å². The highest BCUT2D eigenvalue weighted by Crippen LogP contribution is 2.10. The van der Waals surface area contributed by atoms with Gasteiger partial charge in [-0.3, -0.25) is 5.43 Å². The minimum Gasteiger partial charge on any atom is -0.317 e. The number of nitrogens with one attached hydrogen (secondary N) is 2. The molecule has 1 atom stereocenters. The van der Waals surface area contributed by atoms with Crippen molar-refractivity contribution in [3.63, 3.8) is 0 Å². The molecular formula is C9H10N4O. The van der Waals surface area contributed by atoms with Crippen LogP contribution in [0.15, 0.2) is 30.3 Å². The van der Waals surface area contributed by atoms with Crippen LogP contribution in [0.25, 0.3) is 0 Å². The minimum absolute atomic E-state index is 0.583. The Hall–Kier alpha value is -2.06. The first-order valence-corrected chi connectivity index (χ1v) is 3.99. The molecule has 72 valence electrons. The van der Waals surface area contributed by atoms with Gasteiger partial charge in [0.05, 0.1) is 6.07 Å². The van der Waals surface area contributed by atoms with Crippen LogP contribution in [0.2, 0.25) is 0 Å². The molecule has 0 aliphatic carbocycles. The Balaban J connectivity index is 2.74. The molecule has 0 radical (unpaired) electrons. The maximum atomic E-state index is 10.9. The van der Waals surface area contributed by atoms with Gasteiger partial charge in [-0.05, 0) is 5.56 Å². The summed E-state index contributed by atoms with van der Waals surface area (Å²) >= 11 is 0. The molecular weight excluding hydrogens is 180 g/mol. The summed E-state index contributed by atoms with van der Waals surface area (Å²) in [6.07, 6.45) is 0. The maximum absolute atomic E-state index is 10.9. The average molecular weight is 190 g/mol. The second-order valence-corrected chi connectivity index (χ2v) is 2.59. The van der Waals surface area contributed by atoms with Crippen LogP contribution in [-0.2, 0) is 0 Å². The van der Waals surface area contributed by atoms with Crippen LogP contribution >= 0.6 is 0 Å². The first-order chi connectivity index (χ1) is 6.77. The maximum Gasteiger partial charge on any atom is 0.330 e. The van der Waals surface area contributed by atoms with E-state index in [1.165, 1.54) is 0 Å². The first kappa shape index (κ1) is 10.0. The summed E-state index contributed by atoms with van der Waals surface area (Å²) in [7, 11) is 0. The zero-order valence-corrected chi connectivity index (χ0v) is 7.40. The fraction of sp³-hybridized carbons (Fsp3) is 0.111. The Kier molecular flexibility index (Phi) is 3.47. The zero-order chi connectivity index (χ0) is 10.4. The van der Waals surface area contributed by atoms with E-state index in [-0.39, 0.29) is 0 Å². The van der Waals surface area contributed by atoms with E-state index >= 15 is 0 Å². The fourth-order valence-electron chi connectivity index (χ4n) is 1.01. The van der Waals surface area contributed by atoms with Crippen molar-refractivity contribution in [1.82, 2.24) is 10.7 Å². The van der Waals surface area contributed by atoms with Crippen LogP contribution in [0.1, 0.15) is 11.6 Å². The summed E-state index contributed by atoms with van der Waals surface area (Å²) < 4.78 is 0. The third kappa shape index (κ3) is 2.47. The highest BCUT2D eigenvalue weighted by molar-refractivity contribution is 5.74. The van der Waals surface area contributed by atoms with Gasteiger partial charge in [-0.1, -0.05) is 30.3 Å². The Morgan fingerprint density at radius 1 is 1.43 bits per heavy atom. The third-order valence-electron chi connectivity index (χ3n) is 1.67. The number of rotatable bonds is 2. The van der Waals surface area contributed by atoms with Crippen LogP contribution < -0.4 is 16.6 Å². The van der Waals surface area contributed by atoms with Gasteiger partial charge in [0.15, 0.2) is 0 Å². The van der Waals surface area contributed by atoms with Gasteiger partial charge >= 0.3 is 6.03 Å². The molecule has 0 heterocycles. The lowest BCUT2D eigenvalue weighted by Crippen LogP contribution is -2.41. The molecule has 5 nitrogen and oxygen atoms in total. The molecule has 2 amide bonds. The highest BCUT2D eigenvalue weighted by Gasteiger charge is 2.11. The van der Waals surface area contributed by atoms with Crippen molar-refractivity contribution in [3.05, 3.63) is 35.9 Å². The van der Waals surface area contributed by atoms with Crippen molar-refractivity contribution in [2.45, 2.75) is 6.04 Å². The summed E-state index contributed by atoms with van der Waals surface area (Å²) in [5, 5.41) is 11.2. The van der Waals surface area contributed by atoms with Gasteiger partial charge in [0, 0.05) is 0 Å². The van der Waals surface area contributed by atoms with Gasteiger partial charge in [0.1, 0.15) is 6.04 Å². The molecule has 14 heavy (non-hydrogen) atoms. The van der Waals surface area contributed by atoms with Gasteiger partial charge in [-0.25, -0.2) is 10.6 Å². The molecule has 1 aromatic rings. The van der Waals surface area contributed by atoms with Crippen LogP contribution in [-0.4, -0.2) is 6.03 Å². The van der Waals surface area contributed by atoms with Crippen molar-refractivity contribution < 1.29 is 4.79 Å². The monoisotopic (exact) mass is 190 g/mol. The Morgan fingerprint density at radius 3 is 2.57 bits per heavy atom. The number of hydrogen-bond donors (Lipinski definition) is 3. The summed E-state index contributed by atoms with van der Waals surface area (Å²) in [5.41, 5.74) is 2.62. The predicted molar refractivity (Wildman–Crippen MR) is 50.7 cm³/mol. The molecule has 0 spiro atoms. The molecule has 0 bridgehead atoms. The summed E-state index contributed by atoms with van der Waals surface area (Å²) in [4.78, 5) is 10.9. The van der Waals surface area contributed by atoms with Crippen molar-refractivity contribution in [3.8, 4) is 6.07 Å². The second kappa shape index (κ2) is 4.84. The van der Waals surface area contributed by atoms with Gasteiger partial charge in [0.2, 0.25) is 0 Å². The molecule has 0 aliphatic rings. The average Bonchev–Trinajstić information content (AvgIpc) is 2.26. The number of carbonyl (C=O) groups is 1. The smallest absolute Gasteiger partial charge is 0.317 e. The van der Waals surface area contributed by atoms with E-state index in [1.54, 1.807) is 24.3 Å². The molecule has 1 unspecified atom stereocenters. The number of hydrogen-bond acceptors (Lipinski definition) is 3. The van der Waals surface area contributed by atoms with Gasteiger partial charge in [-0.15, -0.1) is 0 Å².